The van der Waals surface area contributed by atoms with Gasteiger partial charge in [-0.1, -0.05) is 56.9 Å². The number of morpholine rings is 1. The molecule has 2 aromatic rings. The number of carbonyl (C=O) groups is 2. The van der Waals surface area contributed by atoms with Gasteiger partial charge < -0.3 is 20.3 Å². The van der Waals surface area contributed by atoms with E-state index in [0.29, 0.717) is 24.2 Å². The second kappa shape index (κ2) is 14.1. The number of hydrogen-bond donors (Lipinski definition) is 2. The van der Waals surface area contributed by atoms with Crippen molar-refractivity contribution in [3.8, 4) is 0 Å². The van der Waals surface area contributed by atoms with Crippen LogP contribution in [0.15, 0.2) is 42.5 Å². The summed E-state index contributed by atoms with van der Waals surface area (Å²) in [6.07, 6.45) is 7.01. The van der Waals surface area contributed by atoms with Crippen molar-refractivity contribution in [1.82, 2.24) is 10.2 Å². The lowest BCUT2D eigenvalue weighted by Gasteiger charge is -2.32. The van der Waals surface area contributed by atoms with Gasteiger partial charge in [-0.15, -0.1) is 0 Å². The van der Waals surface area contributed by atoms with Crippen LogP contribution in [-0.2, 0) is 22.5 Å². The lowest BCUT2D eigenvalue weighted by atomic mass is 9.98. The van der Waals surface area contributed by atoms with Crippen LogP contribution in [0.1, 0.15) is 66.9 Å². The quantitative estimate of drug-likeness (QED) is 0.411. The monoisotopic (exact) mass is 506 g/mol. The molecule has 1 saturated heterocycles. The van der Waals surface area contributed by atoms with Crippen LogP contribution in [0.4, 0.5) is 11.4 Å². The molecule has 2 aliphatic rings. The minimum atomic E-state index is -0.0993. The number of anilines is 2. The number of ether oxygens (including phenoxy) is 1. The molecule has 0 aromatic heterocycles. The molecule has 2 heterocycles. The number of nitrogens with zero attached hydrogens (tertiary/aromatic N) is 2. The zero-order valence-electron chi connectivity index (χ0n) is 22.3. The van der Waals surface area contributed by atoms with Gasteiger partial charge in [0.05, 0.1) is 18.8 Å². The Kier molecular flexibility index (Phi) is 10.4. The van der Waals surface area contributed by atoms with E-state index in [0.717, 1.165) is 70.9 Å². The highest BCUT2D eigenvalue weighted by Crippen LogP contribution is 2.29. The van der Waals surface area contributed by atoms with Gasteiger partial charge in [0.15, 0.2) is 0 Å². The molecule has 0 unspecified atom stereocenters. The molecular weight excluding hydrogens is 464 g/mol. The van der Waals surface area contributed by atoms with E-state index in [2.05, 4.69) is 51.6 Å². The number of benzene rings is 2. The second-order valence-electron chi connectivity index (χ2n) is 10.1. The molecule has 2 aliphatic heterocycles. The van der Waals surface area contributed by atoms with Crippen molar-refractivity contribution in [2.45, 2.75) is 58.4 Å². The smallest absolute Gasteiger partial charge is 0.253 e. The van der Waals surface area contributed by atoms with Gasteiger partial charge in [-0.3, -0.25) is 14.5 Å². The number of fused-ring (bicyclic) bond motifs is 1. The average molecular weight is 507 g/mol. The largest absolute Gasteiger partial charge is 0.379 e. The van der Waals surface area contributed by atoms with Crippen LogP contribution in [0.5, 0.6) is 0 Å². The molecule has 0 atom stereocenters. The highest BCUT2D eigenvalue weighted by atomic mass is 16.5. The first-order valence-corrected chi connectivity index (χ1v) is 14.0. The highest BCUT2D eigenvalue weighted by Gasteiger charge is 2.22. The maximum atomic E-state index is 13.4. The summed E-state index contributed by atoms with van der Waals surface area (Å²) in [5, 5.41) is 6.14. The fourth-order valence-electron chi connectivity index (χ4n) is 5.13. The predicted octanol–water partition coefficient (Wildman–Crippen LogP) is 4.61. The molecule has 4 rings (SSSR count). The summed E-state index contributed by atoms with van der Waals surface area (Å²) in [6.45, 7) is 8.48. The molecular formula is C30H42N4O3. The molecule has 200 valence electrons. The first-order chi connectivity index (χ1) is 18.1. The Hall–Kier alpha value is -2.90. The maximum Gasteiger partial charge on any atom is 0.253 e. The minimum Gasteiger partial charge on any atom is -0.379 e. The summed E-state index contributed by atoms with van der Waals surface area (Å²) in [7, 11) is 0. The summed E-state index contributed by atoms with van der Waals surface area (Å²) in [5.74, 6) is -0.0902. The van der Waals surface area contributed by atoms with E-state index >= 15 is 0 Å². The number of nitrogens with one attached hydrogen (secondary N) is 2. The molecule has 0 aliphatic carbocycles. The van der Waals surface area contributed by atoms with Crippen LogP contribution in [0, 0.1) is 0 Å². The third kappa shape index (κ3) is 8.04. The minimum absolute atomic E-state index is 0.00910. The Morgan fingerprint density at radius 3 is 2.54 bits per heavy atom. The van der Waals surface area contributed by atoms with Crippen LogP contribution >= 0.6 is 0 Å². The lowest BCUT2D eigenvalue weighted by Crippen LogP contribution is -2.41. The second-order valence-corrected chi connectivity index (χ2v) is 10.1. The van der Waals surface area contributed by atoms with Gasteiger partial charge in [-0.25, -0.2) is 0 Å². The van der Waals surface area contributed by atoms with Crippen LogP contribution < -0.4 is 15.5 Å². The average Bonchev–Trinajstić information content (AvgIpc) is 2.93. The molecule has 1 fully saturated rings. The van der Waals surface area contributed by atoms with E-state index in [1.807, 2.05) is 18.2 Å². The Morgan fingerprint density at radius 2 is 1.73 bits per heavy atom. The van der Waals surface area contributed by atoms with E-state index in [-0.39, 0.29) is 11.8 Å². The van der Waals surface area contributed by atoms with Crippen molar-refractivity contribution in [2.75, 3.05) is 56.2 Å². The number of amides is 2. The number of unbranched alkanes of at least 4 members (excludes halogenated alkanes) is 4. The van der Waals surface area contributed by atoms with Crippen molar-refractivity contribution >= 4 is 23.2 Å². The fourth-order valence-corrected chi connectivity index (χ4v) is 5.13. The van der Waals surface area contributed by atoms with Gasteiger partial charge in [-0.2, -0.15) is 0 Å². The topological polar surface area (TPSA) is 73.9 Å². The molecule has 0 radical (unpaired) electrons. The Morgan fingerprint density at radius 1 is 0.946 bits per heavy atom. The SMILES string of the molecule is CCCCCCCC(=O)Nc1ccc(N2CCc3ccccc3C2)c(C(=O)NCCN2CCOCC2)c1. The van der Waals surface area contributed by atoms with E-state index < -0.39 is 0 Å². The van der Waals surface area contributed by atoms with E-state index in [1.54, 1.807) is 0 Å². The number of rotatable bonds is 12. The molecule has 0 bridgehead atoms. The first-order valence-electron chi connectivity index (χ1n) is 14.0. The standard InChI is InChI=1S/C30H42N4O3/c1-2-3-4-5-6-11-29(35)32-26-12-13-28(34-16-14-24-9-7-8-10-25(24)23-34)27(22-26)30(36)31-15-17-33-18-20-37-21-19-33/h7-10,12-13,22H,2-6,11,14-21,23H2,1H3,(H,31,36)(H,32,35). The van der Waals surface area contributed by atoms with Gasteiger partial charge in [0, 0.05) is 57.1 Å². The fraction of sp³-hybridized carbons (Fsp3) is 0.533. The van der Waals surface area contributed by atoms with Crippen LogP contribution in [0.2, 0.25) is 0 Å². The molecule has 37 heavy (non-hydrogen) atoms. The normalized spacial score (nSPS) is 15.8. The van der Waals surface area contributed by atoms with E-state index in [1.165, 1.54) is 30.4 Å². The molecule has 7 nitrogen and oxygen atoms in total. The molecule has 7 heteroatoms. The number of hydrogen-bond acceptors (Lipinski definition) is 5. The predicted molar refractivity (Wildman–Crippen MR) is 149 cm³/mol. The molecule has 0 spiro atoms. The molecule has 0 saturated carbocycles. The van der Waals surface area contributed by atoms with Gasteiger partial charge >= 0.3 is 0 Å². The van der Waals surface area contributed by atoms with E-state index in [4.69, 9.17) is 4.74 Å². The number of carbonyl (C=O) groups excluding carboxylic acids is 2. The summed E-state index contributed by atoms with van der Waals surface area (Å²) < 4.78 is 5.42. The third-order valence-corrected chi connectivity index (χ3v) is 7.32. The van der Waals surface area contributed by atoms with Crippen molar-refractivity contribution in [2.24, 2.45) is 0 Å². The zero-order valence-corrected chi connectivity index (χ0v) is 22.3. The van der Waals surface area contributed by atoms with Crippen LogP contribution in [0.25, 0.3) is 0 Å². The Labute approximate surface area is 221 Å². The molecule has 2 amide bonds. The zero-order chi connectivity index (χ0) is 25.9. The van der Waals surface area contributed by atoms with Crippen molar-refractivity contribution in [3.63, 3.8) is 0 Å². The van der Waals surface area contributed by atoms with Gasteiger partial charge in [0.1, 0.15) is 0 Å². The Bertz CT molecular complexity index is 1040. The summed E-state index contributed by atoms with van der Waals surface area (Å²) in [6, 6.07) is 14.3. The highest BCUT2D eigenvalue weighted by molar-refractivity contribution is 6.02. The maximum absolute atomic E-state index is 13.4. The van der Waals surface area contributed by atoms with E-state index in [9.17, 15) is 9.59 Å². The summed E-state index contributed by atoms with van der Waals surface area (Å²) >= 11 is 0. The molecule has 2 aromatic carbocycles. The van der Waals surface area contributed by atoms with Crippen molar-refractivity contribution < 1.29 is 14.3 Å². The first kappa shape index (κ1) is 27.1. The van der Waals surface area contributed by atoms with Gasteiger partial charge in [0.25, 0.3) is 5.91 Å². The summed E-state index contributed by atoms with van der Waals surface area (Å²) in [5.41, 5.74) is 4.88. The van der Waals surface area contributed by atoms with Gasteiger partial charge in [-0.05, 0) is 42.2 Å². The van der Waals surface area contributed by atoms with Crippen LogP contribution in [0.3, 0.4) is 0 Å². The van der Waals surface area contributed by atoms with Crippen LogP contribution in [-0.4, -0.2) is 62.7 Å². The third-order valence-electron chi connectivity index (χ3n) is 7.32. The van der Waals surface area contributed by atoms with Crippen molar-refractivity contribution in [3.05, 3.63) is 59.2 Å². The molecule has 2 N–H and O–H groups in total. The van der Waals surface area contributed by atoms with Gasteiger partial charge in [0.2, 0.25) is 5.91 Å². The lowest BCUT2D eigenvalue weighted by molar-refractivity contribution is -0.116. The van der Waals surface area contributed by atoms with Crippen molar-refractivity contribution in [1.29, 1.82) is 0 Å². The summed E-state index contributed by atoms with van der Waals surface area (Å²) in [4.78, 5) is 30.6. The Balaban J connectivity index is 1.44.